The van der Waals surface area contributed by atoms with E-state index in [1.807, 2.05) is 55.5 Å². The van der Waals surface area contributed by atoms with Crippen molar-refractivity contribution in [2.24, 2.45) is 0 Å². The highest BCUT2D eigenvalue weighted by molar-refractivity contribution is 6.16. The second-order valence-electron chi connectivity index (χ2n) is 9.27. The summed E-state index contributed by atoms with van der Waals surface area (Å²) in [5, 5.41) is 8.90. The van der Waals surface area contributed by atoms with Gasteiger partial charge in [-0.3, -0.25) is 14.4 Å². The lowest BCUT2D eigenvalue weighted by atomic mass is 10.1. The van der Waals surface area contributed by atoms with Crippen LogP contribution in [0.5, 0.6) is 5.75 Å². The Morgan fingerprint density at radius 1 is 0.900 bits per heavy atom. The number of nitrogens with zero attached hydrogens (tertiary/aromatic N) is 2. The van der Waals surface area contributed by atoms with Gasteiger partial charge in [0, 0.05) is 28.4 Å². The summed E-state index contributed by atoms with van der Waals surface area (Å²) in [7, 11) is 1.48. The van der Waals surface area contributed by atoms with Crippen LogP contribution in [0.1, 0.15) is 11.1 Å². The van der Waals surface area contributed by atoms with Gasteiger partial charge in [0.2, 0.25) is 11.8 Å². The average Bonchev–Trinajstić information content (AvgIpc) is 3.41. The van der Waals surface area contributed by atoms with Gasteiger partial charge in [-0.25, -0.2) is 9.69 Å². The first kappa shape index (κ1) is 26.2. The van der Waals surface area contributed by atoms with Crippen molar-refractivity contribution in [1.82, 2.24) is 14.8 Å². The topological polar surface area (TPSA) is 122 Å². The van der Waals surface area contributed by atoms with Crippen molar-refractivity contribution in [2.45, 2.75) is 13.5 Å². The number of imide groups is 1. The van der Waals surface area contributed by atoms with Crippen LogP contribution in [0.3, 0.4) is 0 Å². The van der Waals surface area contributed by atoms with Gasteiger partial charge in [0.15, 0.2) is 0 Å². The highest BCUT2D eigenvalue weighted by Gasteiger charge is 2.35. The number of ether oxygens (including phenoxy) is 1. The third-order valence-corrected chi connectivity index (χ3v) is 6.41. The van der Waals surface area contributed by atoms with E-state index in [1.165, 1.54) is 7.11 Å². The Hall–Kier alpha value is -5.38. The molecule has 1 fully saturated rings. The van der Waals surface area contributed by atoms with Gasteiger partial charge in [0.05, 0.1) is 12.8 Å². The SMILES string of the molecule is COc1ccccc1NC(=O)CN1C(=O)N/C(=C/c2cn(CC(=O)Nc3ccc(C)cc3)c3ccccc23)C1=O. The molecule has 202 valence electrons. The molecule has 0 saturated carbocycles. The molecule has 3 aromatic carbocycles. The van der Waals surface area contributed by atoms with Gasteiger partial charge in [0.1, 0.15) is 24.5 Å². The van der Waals surface area contributed by atoms with Gasteiger partial charge in [-0.05, 0) is 43.3 Å². The molecule has 4 aromatic rings. The molecule has 10 nitrogen and oxygen atoms in total. The molecule has 1 aromatic heterocycles. The number of hydrogen-bond acceptors (Lipinski definition) is 5. The Balaban J connectivity index is 1.33. The minimum Gasteiger partial charge on any atom is -0.495 e. The lowest BCUT2D eigenvalue weighted by molar-refractivity contribution is -0.127. The zero-order chi connectivity index (χ0) is 28.2. The molecule has 1 aliphatic heterocycles. The van der Waals surface area contributed by atoms with Gasteiger partial charge >= 0.3 is 6.03 Å². The maximum Gasteiger partial charge on any atom is 0.329 e. The van der Waals surface area contributed by atoms with Crippen LogP contribution < -0.4 is 20.7 Å². The fraction of sp³-hybridized carbons (Fsp3) is 0.133. The number of aryl methyl sites for hydroxylation is 1. The summed E-state index contributed by atoms with van der Waals surface area (Å²) in [4.78, 5) is 51.9. The van der Waals surface area contributed by atoms with E-state index < -0.39 is 24.4 Å². The quantitative estimate of drug-likeness (QED) is 0.231. The highest BCUT2D eigenvalue weighted by atomic mass is 16.5. The first-order valence-corrected chi connectivity index (χ1v) is 12.5. The number of carbonyl (C=O) groups excluding carboxylic acids is 4. The van der Waals surface area contributed by atoms with E-state index in [0.29, 0.717) is 22.7 Å². The van der Waals surface area contributed by atoms with E-state index in [9.17, 15) is 19.2 Å². The van der Waals surface area contributed by atoms with Crippen molar-refractivity contribution >= 4 is 52.1 Å². The van der Waals surface area contributed by atoms with Crippen LogP contribution in [0.25, 0.3) is 17.0 Å². The lowest BCUT2D eigenvalue weighted by Crippen LogP contribution is -2.38. The van der Waals surface area contributed by atoms with Crippen LogP contribution in [0.4, 0.5) is 16.2 Å². The number of amides is 5. The molecule has 0 unspecified atom stereocenters. The molecule has 2 heterocycles. The number of aromatic nitrogens is 1. The number of nitrogens with one attached hydrogen (secondary N) is 3. The van der Waals surface area contributed by atoms with Crippen LogP contribution in [-0.2, 0) is 20.9 Å². The van der Waals surface area contributed by atoms with Gasteiger partial charge in [-0.2, -0.15) is 0 Å². The van der Waals surface area contributed by atoms with E-state index in [4.69, 9.17) is 4.74 Å². The Kier molecular flexibility index (Phi) is 7.32. The molecule has 5 rings (SSSR count). The van der Waals surface area contributed by atoms with Crippen molar-refractivity contribution in [3.8, 4) is 5.75 Å². The molecule has 0 bridgehead atoms. The molecule has 3 N–H and O–H groups in total. The van der Waals surface area contributed by atoms with Crippen molar-refractivity contribution < 1.29 is 23.9 Å². The third-order valence-electron chi connectivity index (χ3n) is 6.41. The van der Waals surface area contributed by atoms with Gasteiger partial charge < -0.3 is 25.3 Å². The van der Waals surface area contributed by atoms with E-state index in [-0.39, 0.29) is 18.1 Å². The van der Waals surface area contributed by atoms with Crippen LogP contribution in [-0.4, -0.2) is 46.9 Å². The summed E-state index contributed by atoms with van der Waals surface area (Å²) < 4.78 is 7.01. The smallest absolute Gasteiger partial charge is 0.329 e. The van der Waals surface area contributed by atoms with Crippen molar-refractivity contribution in [2.75, 3.05) is 24.3 Å². The van der Waals surface area contributed by atoms with E-state index in [2.05, 4.69) is 16.0 Å². The zero-order valence-electron chi connectivity index (χ0n) is 21.9. The molecule has 1 saturated heterocycles. The maximum atomic E-state index is 13.1. The Morgan fingerprint density at radius 3 is 2.38 bits per heavy atom. The highest BCUT2D eigenvalue weighted by Crippen LogP contribution is 2.26. The number of benzene rings is 3. The van der Waals surface area contributed by atoms with Crippen molar-refractivity contribution in [1.29, 1.82) is 0 Å². The summed E-state index contributed by atoms with van der Waals surface area (Å²) >= 11 is 0. The van der Waals surface area contributed by atoms with Crippen LogP contribution in [0.2, 0.25) is 0 Å². The molecule has 0 aliphatic carbocycles. The van der Waals surface area contributed by atoms with Crippen molar-refractivity contribution in [3.05, 3.63) is 95.8 Å². The van der Waals surface area contributed by atoms with Gasteiger partial charge in [-0.15, -0.1) is 0 Å². The number of fused-ring (bicyclic) bond motifs is 1. The first-order valence-electron chi connectivity index (χ1n) is 12.5. The molecule has 0 radical (unpaired) electrons. The summed E-state index contributed by atoms with van der Waals surface area (Å²) in [5.41, 5.74) is 3.68. The molecular formula is C30H27N5O5. The number of rotatable bonds is 8. The number of hydrogen-bond donors (Lipinski definition) is 3. The van der Waals surface area contributed by atoms with Crippen LogP contribution in [0.15, 0.2) is 84.7 Å². The fourth-order valence-electron chi connectivity index (χ4n) is 4.47. The average molecular weight is 538 g/mol. The van der Waals surface area contributed by atoms with Gasteiger partial charge in [0.25, 0.3) is 5.91 Å². The van der Waals surface area contributed by atoms with E-state index >= 15 is 0 Å². The monoisotopic (exact) mass is 537 g/mol. The van der Waals surface area contributed by atoms with Crippen LogP contribution in [0, 0.1) is 6.92 Å². The predicted molar refractivity (Wildman–Crippen MR) is 152 cm³/mol. The Bertz CT molecular complexity index is 1650. The predicted octanol–water partition coefficient (Wildman–Crippen LogP) is 4.13. The molecule has 5 amide bonds. The maximum absolute atomic E-state index is 13.1. The molecular weight excluding hydrogens is 510 g/mol. The van der Waals surface area contributed by atoms with Gasteiger partial charge in [-0.1, -0.05) is 48.0 Å². The number of anilines is 2. The second kappa shape index (κ2) is 11.2. The minimum atomic E-state index is -0.701. The Morgan fingerprint density at radius 2 is 1.60 bits per heavy atom. The zero-order valence-corrected chi connectivity index (χ0v) is 21.9. The molecule has 0 atom stereocenters. The van der Waals surface area contributed by atoms with E-state index in [1.54, 1.807) is 41.1 Å². The summed E-state index contributed by atoms with van der Waals surface area (Å²) in [6, 6.07) is 21.1. The number of para-hydroxylation sites is 3. The number of methoxy groups -OCH3 is 1. The first-order chi connectivity index (χ1) is 19.3. The largest absolute Gasteiger partial charge is 0.495 e. The van der Waals surface area contributed by atoms with Crippen LogP contribution >= 0.6 is 0 Å². The third kappa shape index (κ3) is 5.56. The minimum absolute atomic E-state index is 0.0297. The summed E-state index contributed by atoms with van der Waals surface area (Å²) in [6.07, 6.45) is 3.30. The standard InChI is InChI=1S/C30H27N5O5/c1-19-11-13-21(14-12-19)31-27(36)17-34-16-20(22-7-3-5-9-25(22)34)15-24-29(38)35(30(39)33-24)18-28(37)32-23-8-4-6-10-26(23)40-2/h3-16H,17-18H2,1-2H3,(H,31,36)(H,32,37)(H,33,39)/b24-15+. The van der Waals surface area contributed by atoms with Crippen molar-refractivity contribution in [3.63, 3.8) is 0 Å². The molecule has 1 aliphatic rings. The lowest BCUT2D eigenvalue weighted by Gasteiger charge is -2.13. The summed E-state index contributed by atoms with van der Waals surface area (Å²) in [5.74, 6) is -0.932. The molecule has 0 spiro atoms. The fourth-order valence-corrected chi connectivity index (χ4v) is 4.47. The second-order valence-corrected chi connectivity index (χ2v) is 9.27. The Labute approximate surface area is 230 Å². The number of carbonyl (C=O) groups is 4. The molecule has 40 heavy (non-hydrogen) atoms. The summed E-state index contributed by atoms with van der Waals surface area (Å²) in [6.45, 7) is 1.55. The normalized spacial score (nSPS) is 13.9. The van der Waals surface area contributed by atoms with E-state index in [0.717, 1.165) is 21.4 Å². The molecule has 10 heteroatoms. The number of urea groups is 1.